The summed E-state index contributed by atoms with van der Waals surface area (Å²) in [6.45, 7) is 0. The molecule has 1 heterocycles. The Hall–Kier alpha value is -2.60. The molecule has 0 radical (unpaired) electrons. The van der Waals surface area contributed by atoms with E-state index >= 15 is 0 Å². The lowest BCUT2D eigenvalue weighted by atomic mass is 9.79. The molecule has 1 amide bonds. The molecule has 1 aromatic carbocycles. The molecule has 0 atom stereocenters. The van der Waals surface area contributed by atoms with Crippen molar-refractivity contribution in [2.24, 2.45) is 5.73 Å². The number of nitrogens with one attached hydrogen (secondary N) is 1. The highest BCUT2D eigenvalue weighted by molar-refractivity contribution is 6.58. The van der Waals surface area contributed by atoms with E-state index in [0.29, 0.717) is 0 Å². The second-order valence-electron chi connectivity index (χ2n) is 4.06. The monoisotopic (exact) mass is 316 g/mol. The Morgan fingerprint density at radius 2 is 2.00 bits per heavy atom. The van der Waals surface area contributed by atoms with E-state index < -0.39 is 30.8 Å². The van der Waals surface area contributed by atoms with Crippen molar-refractivity contribution >= 4 is 18.5 Å². The fraction of sp³-hybridized carbons (Fsp3) is 0.100. The number of nitrogens with zero attached hydrogens (tertiary/aromatic N) is 2. The van der Waals surface area contributed by atoms with E-state index in [2.05, 4.69) is 20.1 Å². The lowest BCUT2D eigenvalue weighted by molar-refractivity contribution is -0.274. The van der Waals surface area contributed by atoms with E-state index in [1.807, 2.05) is 0 Å². The van der Waals surface area contributed by atoms with Gasteiger partial charge in [-0.25, -0.2) is 0 Å². The second kappa shape index (κ2) is 5.65. The minimum atomic E-state index is -5.00. The zero-order chi connectivity index (χ0) is 16.5. The molecule has 5 N–H and O–H groups in total. The van der Waals surface area contributed by atoms with Crippen molar-refractivity contribution in [3.63, 3.8) is 0 Å². The number of ether oxygens (including phenoxy) is 1. The van der Waals surface area contributed by atoms with E-state index in [1.165, 1.54) is 0 Å². The van der Waals surface area contributed by atoms with Crippen LogP contribution in [-0.4, -0.2) is 44.8 Å². The van der Waals surface area contributed by atoms with Crippen LogP contribution in [0.1, 0.15) is 10.5 Å². The number of hydrogen-bond donors (Lipinski definition) is 4. The van der Waals surface area contributed by atoms with Gasteiger partial charge in [0.15, 0.2) is 5.69 Å². The normalized spacial score (nSPS) is 11.3. The smallest absolute Gasteiger partial charge is 0.423 e. The summed E-state index contributed by atoms with van der Waals surface area (Å²) in [5.74, 6) is -1.73. The third-order valence-corrected chi connectivity index (χ3v) is 2.56. The van der Waals surface area contributed by atoms with Crippen LogP contribution < -0.4 is 15.9 Å². The standard InChI is InChI=1S/C10H8BF3N4O4/c12-10(13,14)22-6-2-1-4(11(20)21)3-5(6)7-8(9(15)19)17-18-16-7/h1-3,20-21H,(H2,15,19)(H,16,17,18). The van der Waals surface area contributed by atoms with Crippen molar-refractivity contribution in [1.82, 2.24) is 15.4 Å². The van der Waals surface area contributed by atoms with Gasteiger partial charge >= 0.3 is 13.5 Å². The third kappa shape index (κ3) is 3.35. The number of carbonyl (C=O) groups excluding carboxylic acids is 1. The van der Waals surface area contributed by atoms with Crippen LogP contribution in [0.25, 0.3) is 11.3 Å². The highest BCUT2D eigenvalue weighted by Crippen LogP contribution is 2.33. The first-order chi connectivity index (χ1) is 10.2. The van der Waals surface area contributed by atoms with Crippen molar-refractivity contribution in [2.75, 3.05) is 0 Å². The van der Waals surface area contributed by atoms with Gasteiger partial charge in [0.25, 0.3) is 5.91 Å². The largest absolute Gasteiger partial charge is 0.573 e. The van der Waals surface area contributed by atoms with Gasteiger partial charge < -0.3 is 20.5 Å². The molecule has 0 bridgehead atoms. The molecule has 0 aliphatic rings. The molecule has 0 saturated heterocycles. The van der Waals surface area contributed by atoms with Gasteiger partial charge in [0.05, 0.1) is 0 Å². The third-order valence-electron chi connectivity index (χ3n) is 2.56. The van der Waals surface area contributed by atoms with Crippen molar-refractivity contribution in [2.45, 2.75) is 6.36 Å². The van der Waals surface area contributed by atoms with Gasteiger partial charge in [0.1, 0.15) is 11.4 Å². The molecule has 12 heteroatoms. The Kier molecular flexibility index (Phi) is 4.06. The summed E-state index contributed by atoms with van der Waals surface area (Å²) in [7, 11) is -1.94. The number of rotatable bonds is 4. The van der Waals surface area contributed by atoms with Gasteiger partial charge in [-0.3, -0.25) is 4.79 Å². The SMILES string of the molecule is NC(=O)c1n[nH]nc1-c1cc(B(O)O)ccc1OC(F)(F)F. The number of nitrogens with two attached hydrogens (primary N) is 1. The number of H-pyrrole nitrogens is 1. The van der Waals surface area contributed by atoms with Crippen LogP contribution in [0.3, 0.4) is 0 Å². The fourth-order valence-corrected chi connectivity index (χ4v) is 1.70. The number of aromatic amines is 1. The van der Waals surface area contributed by atoms with Crippen molar-refractivity contribution < 1.29 is 32.8 Å². The maximum Gasteiger partial charge on any atom is 0.573 e. The fourth-order valence-electron chi connectivity index (χ4n) is 1.70. The first-order valence-electron chi connectivity index (χ1n) is 5.66. The van der Waals surface area contributed by atoms with Crippen LogP contribution >= 0.6 is 0 Å². The van der Waals surface area contributed by atoms with E-state index in [1.54, 1.807) is 0 Å². The quantitative estimate of drug-likeness (QED) is 0.543. The van der Waals surface area contributed by atoms with Gasteiger partial charge in [0.2, 0.25) is 0 Å². The van der Waals surface area contributed by atoms with Gasteiger partial charge in [0, 0.05) is 5.56 Å². The number of primary amides is 1. The maximum absolute atomic E-state index is 12.4. The van der Waals surface area contributed by atoms with E-state index in [4.69, 9.17) is 15.8 Å². The number of alkyl halides is 3. The molecule has 2 aromatic rings. The summed E-state index contributed by atoms with van der Waals surface area (Å²) in [4.78, 5) is 11.2. The van der Waals surface area contributed by atoms with Crippen LogP contribution in [0.2, 0.25) is 0 Å². The summed E-state index contributed by atoms with van der Waals surface area (Å²) in [6, 6.07) is 2.84. The van der Waals surface area contributed by atoms with Crippen LogP contribution in [0, 0.1) is 0 Å². The lowest BCUT2D eigenvalue weighted by Crippen LogP contribution is -2.30. The number of benzene rings is 1. The van der Waals surface area contributed by atoms with Gasteiger partial charge in [-0.05, 0) is 17.6 Å². The average molecular weight is 316 g/mol. The number of halogens is 3. The minimum Gasteiger partial charge on any atom is -0.423 e. The Bertz CT molecular complexity index is 704. The Balaban J connectivity index is 2.61. The molecular weight excluding hydrogens is 308 g/mol. The van der Waals surface area contributed by atoms with Gasteiger partial charge in [-0.2, -0.15) is 15.4 Å². The Morgan fingerprint density at radius 1 is 1.32 bits per heavy atom. The van der Waals surface area contributed by atoms with Gasteiger partial charge in [-0.1, -0.05) is 6.07 Å². The van der Waals surface area contributed by atoms with E-state index in [9.17, 15) is 18.0 Å². The summed E-state index contributed by atoms with van der Waals surface area (Å²) < 4.78 is 41.1. The predicted molar refractivity (Wildman–Crippen MR) is 66.8 cm³/mol. The molecule has 2 rings (SSSR count). The summed E-state index contributed by atoms with van der Waals surface area (Å²) in [5.41, 5.74) is 3.85. The van der Waals surface area contributed by atoms with Crippen molar-refractivity contribution in [1.29, 1.82) is 0 Å². The van der Waals surface area contributed by atoms with E-state index in [0.717, 1.165) is 18.2 Å². The lowest BCUT2D eigenvalue weighted by Gasteiger charge is -2.13. The second-order valence-corrected chi connectivity index (χ2v) is 4.06. The van der Waals surface area contributed by atoms with Crippen molar-refractivity contribution in [3.8, 4) is 17.0 Å². The van der Waals surface area contributed by atoms with Crippen molar-refractivity contribution in [3.05, 3.63) is 23.9 Å². The highest BCUT2D eigenvalue weighted by Gasteiger charge is 2.33. The van der Waals surface area contributed by atoms with E-state index in [-0.39, 0.29) is 16.7 Å². The highest BCUT2D eigenvalue weighted by atomic mass is 19.4. The molecular formula is C10H8BF3N4O4. The average Bonchev–Trinajstić information content (AvgIpc) is 2.86. The molecule has 22 heavy (non-hydrogen) atoms. The number of hydrogen-bond acceptors (Lipinski definition) is 6. The Labute approximate surface area is 120 Å². The molecule has 0 unspecified atom stereocenters. The molecule has 116 valence electrons. The molecule has 0 saturated carbocycles. The number of aromatic nitrogens is 3. The van der Waals surface area contributed by atoms with Crippen LogP contribution in [-0.2, 0) is 0 Å². The maximum atomic E-state index is 12.4. The molecule has 0 aliphatic carbocycles. The molecule has 0 aliphatic heterocycles. The first kappa shape index (κ1) is 15.8. The summed E-state index contributed by atoms with van der Waals surface area (Å²) in [6.07, 6.45) is -5.00. The molecule has 1 aromatic heterocycles. The topological polar surface area (TPSA) is 134 Å². The van der Waals surface area contributed by atoms with Crippen LogP contribution in [0.4, 0.5) is 13.2 Å². The molecule has 8 nitrogen and oxygen atoms in total. The van der Waals surface area contributed by atoms with Gasteiger partial charge in [-0.15, -0.1) is 13.2 Å². The minimum absolute atomic E-state index is 0.136. The number of amides is 1. The predicted octanol–water partition coefficient (Wildman–Crippen LogP) is -0.851. The zero-order valence-corrected chi connectivity index (χ0v) is 10.6. The first-order valence-corrected chi connectivity index (χ1v) is 5.66. The van der Waals surface area contributed by atoms with Crippen LogP contribution in [0.5, 0.6) is 5.75 Å². The molecule has 0 spiro atoms. The molecule has 0 fully saturated rings. The zero-order valence-electron chi connectivity index (χ0n) is 10.6. The summed E-state index contributed by atoms with van der Waals surface area (Å²) >= 11 is 0. The Morgan fingerprint density at radius 3 is 2.55 bits per heavy atom. The summed E-state index contributed by atoms with van der Waals surface area (Å²) in [5, 5.41) is 27.2. The number of carbonyl (C=O) groups is 1. The van der Waals surface area contributed by atoms with Crippen LogP contribution in [0.15, 0.2) is 18.2 Å².